The Labute approximate surface area is 119 Å². The summed E-state index contributed by atoms with van der Waals surface area (Å²) in [6.07, 6.45) is 0. The average Bonchev–Trinajstić information content (AvgIpc) is 2.35. The van der Waals surface area contributed by atoms with E-state index in [1.54, 1.807) is 24.3 Å². The topological polar surface area (TPSA) is 64.6 Å². The number of para-hydroxylation sites is 1. The fourth-order valence-electron chi connectivity index (χ4n) is 1.58. The molecule has 110 valence electrons. The van der Waals surface area contributed by atoms with Gasteiger partial charge in [0.05, 0.1) is 6.61 Å². The van der Waals surface area contributed by atoms with E-state index in [1.165, 1.54) is 0 Å². The average molecular weight is 279 g/mol. The summed E-state index contributed by atoms with van der Waals surface area (Å²) in [5, 5.41) is 2.72. The Hall–Kier alpha value is -2.04. The molecule has 0 saturated carbocycles. The molecule has 0 saturated heterocycles. The molecule has 0 fully saturated rings. The molecule has 0 atom stereocenters. The fraction of sp³-hybridized carbons (Fsp3) is 0.467. The Morgan fingerprint density at radius 2 is 1.85 bits per heavy atom. The van der Waals surface area contributed by atoms with Crippen molar-refractivity contribution in [3.05, 3.63) is 29.8 Å². The normalized spacial score (nSPS) is 10.8. The molecule has 0 aliphatic carbocycles. The number of ether oxygens (including phenoxy) is 2. The molecule has 0 aromatic heterocycles. The summed E-state index contributed by atoms with van der Waals surface area (Å²) < 4.78 is 10.3. The SMILES string of the molecule is CCOc1ccccc1C(=O)OCC(=O)NC(C)(C)C. The predicted molar refractivity (Wildman–Crippen MR) is 75.8 cm³/mol. The van der Waals surface area contributed by atoms with Crippen molar-refractivity contribution in [1.29, 1.82) is 0 Å². The number of carbonyl (C=O) groups excluding carboxylic acids is 2. The van der Waals surface area contributed by atoms with Gasteiger partial charge in [-0.2, -0.15) is 0 Å². The molecule has 0 spiro atoms. The van der Waals surface area contributed by atoms with Gasteiger partial charge in [-0.3, -0.25) is 4.79 Å². The molecule has 0 unspecified atom stereocenters. The zero-order valence-corrected chi connectivity index (χ0v) is 12.4. The summed E-state index contributed by atoms with van der Waals surface area (Å²) in [6, 6.07) is 6.78. The van der Waals surface area contributed by atoms with E-state index in [1.807, 2.05) is 27.7 Å². The van der Waals surface area contributed by atoms with Crippen molar-refractivity contribution in [3.8, 4) is 5.75 Å². The highest BCUT2D eigenvalue weighted by atomic mass is 16.5. The molecule has 1 rings (SSSR count). The van der Waals surface area contributed by atoms with E-state index >= 15 is 0 Å². The molecule has 5 heteroatoms. The molecule has 0 heterocycles. The van der Waals surface area contributed by atoms with Crippen LogP contribution in [0.3, 0.4) is 0 Å². The van der Waals surface area contributed by atoms with Gasteiger partial charge in [-0.15, -0.1) is 0 Å². The Morgan fingerprint density at radius 3 is 2.45 bits per heavy atom. The number of benzene rings is 1. The summed E-state index contributed by atoms with van der Waals surface area (Å²) in [4.78, 5) is 23.5. The van der Waals surface area contributed by atoms with E-state index in [2.05, 4.69) is 5.32 Å². The Morgan fingerprint density at radius 1 is 1.20 bits per heavy atom. The van der Waals surface area contributed by atoms with Crippen molar-refractivity contribution in [2.75, 3.05) is 13.2 Å². The molecule has 0 radical (unpaired) electrons. The smallest absolute Gasteiger partial charge is 0.342 e. The maximum absolute atomic E-state index is 11.9. The first kappa shape index (κ1) is 16.0. The molecular formula is C15H21NO4. The summed E-state index contributed by atoms with van der Waals surface area (Å²) in [7, 11) is 0. The molecule has 1 amide bonds. The van der Waals surface area contributed by atoms with Crippen LogP contribution in [0.2, 0.25) is 0 Å². The lowest BCUT2D eigenvalue weighted by molar-refractivity contribution is -0.125. The summed E-state index contributed by atoms with van der Waals surface area (Å²) in [5.41, 5.74) is -0.0369. The second kappa shape index (κ2) is 6.93. The van der Waals surface area contributed by atoms with Crippen LogP contribution in [0.25, 0.3) is 0 Å². The number of hydrogen-bond donors (Lipinski definition) is 1. The lowest BCUT2D eigenvalue weighted by Gasteiger charge is -2.20. The first-order chi connectivity index (χ1) is 9.33. The number of esters is 1. The number of nitrogens with one attached hydrogen (secondary N) is 1. The molecule has 5 nitrogen and oxygen atoms in total. The van der Waals surface area contributed by atoms with E-state index in [9.17, 15) is 9.59 Å². The summed E-state index contributed by atoms with van der Waals surface area (Å²) >= 11 is 0. The Bertz CT molecular complexity index is 477. The number of amides is 1. The minimum absolute atomic E-state index is 0.309. The van der Waals surface area contributed by atoms with E-state index < -0.39 is 5.97 Å². The summed E-state index contributed by atoms with van der Waals surface area (Å²) in [6.45, 7) is 7.55. The van der Waals surface area contributed by atoms with Crippen molar-refractivity contribution >= 4 is 11.9 Å². The van der Waals surface area contributed by atoms with Crippen molar-refractivity contribution in [2.24, 2.45) is 0 Å². The monoisotopic (exact) mass is 279 g/mol. The van der Waals surface area contributed by atoms with Crippen LogP contribution >= 0.6 is 0 Å². The zero-order valence-electron chi connectivity index (χ0n) is 12.4. The highest BCUT2D eigenvalue weighted by Gasteiger charge is 2.17. The van der Waals surface area contributed by atoms with Crippen LogP contribution in [-0.4, -0.2) is 30.6 Å². The molecule has 20 heavy (non-hydrogen) atoms. The molecule has 1 aromatic carbocycles. The molecule has 1 aromatic rings. The summed E-state index contributed by atoms with van der Waals surface area (Å²) in [5.74, 6) is -0.450. The third-order valence-electron chi connectivity index (χ3n) is 2.26. The van der Waals surface area contributed by atoms with Crippen LogP contribution in [0.5, 0.6) is 5.75 Å². The molecule has 0 aliphatic heterocycles. The highest BCUT2D eigenvalue weighted by Crippen LogP contribution is 2.18. The second-order valence-corrected chi connectivity index (χ2v) is 5.30. The third kappa shape index (κ3) is 5.30. The molecular weight excluding hydrogens is 258 g/mol. The first-order valence-electron chi connectivity index (χ1n) is 6.53. The van der Waals surface area contributed by atoms with Crippen LogP contribution < -0.4 is 10.1 Å². The third-order valence-corrected chi connectivity index (χ3v) is 2.26. The van der Waals surface area contributed by atoms with Crippen molar-refractivity contribution < 1.29 is 19.1 Å². The standard InChI is InChI=1S/C15H21NO4/c1-5-19-12-9-7-6-8-11(12)14(18)20-10-13(17)16-15(2,3)4/h6-9H,5,10H2,1-4H3,(H,16,17). The van der Waals surface area contributed by atoms with Gasteiger partial charge in [0.15, 0.2) is 6.61 Å². The van der Waals surface area contributed by atoms with Crippen molar-refractivity contribution in [3.63, 3.8) is 0 Å². The van der Waals surface area contributed by atoms with Crippen LogP contribution in [0, 0.1) is 0 Å². The van der Waals surface area contributed by atoms with Gasteiger partial charge in [-0.1, -0.05) is 12.1 Å². The lowest BCUT2D eigenvalue weighted by Crippen LogP contribution is -2.42. The van der Waals surface area contributed by atoms with Gasteiger partial charge in [0.25, 0.3) is 5.91 Å². The van der Waals surface area contributed by atoms with Gasteiger partial charge in [0.2, 0.25) is 0 Å². The van der Waals surface area contributed by atoms with Crippen LogP contribution in [0.4, 0.5) is 0 Å². The predicted octanol–water partition coefficient (Wildman–Crippen LogP) is 2.16. The van der Waals surface area contributed by atoms with Gasteiger partial charge >= 0.3 is 5.97 Å². The van der Waals surface area contributed by atoms with Gasteiger partial charge in [-0.25, -0.2) is 4.79 Å². The van der Waals surface area contributed by atoms with E-state index in [0.29, 0.717) is 17.9 Å². The maximum Gasteiger partial charge on any atom is 0.342 e. The molecule has 1 N–H and O–H groups in total. The largest absolute Gasteiger partial charge is 0.493 e. The van der Waals surface area contributed by atoms with Crippen molar-refractivity contribution in [1.82, 2.24) is 5.32 Å². The Balaban J connectivity index is 2.61. The quantitative estimate of drug-likeness (QED) is 0.839. The number of carbonyl (C=O) groups is 2. The number of rotatable bonds is 5. The lowest BCUT2D eigenvalue weighted by atomic mass is 10.1. The molecule has 0 aliphatic rings. The van der Waals surface area contributed by atoms with E-state index in [-0.39, 0.29) is 18.1 Å². The minimum atomic E-state index is -0.571. The van der Waals surface area contributed by atoms with Crippen LogP contribution in [0.1, 0.15) is 38.1 Å². The van der Waals surface area contributed by atoms with Gasteiger partial charge < -0.3 is 14.8 Å². The minimum Gasteiger partial charge on any atom is -0.493 e. The van der Waals surface area contributed by atoms with Gasteiger partial charge in [-0.05, 0) is 39.8 Å². The second-order valence-electron chi connectivity index (χ2n) is 5.30. The van der Waals surface area contributed by atoms with E-state index in [0.717, 1.165) is 0 Å². The molecule has 0 bridgehead atoms. The highest BCUT2D eigenvalue weighted by molar-refractivity contribution is 5.94. The van der Waals surface area contributed by atoms with Crippen molar-refractivity contribution in [2.45, 2.75) is 33.2 Å². The van der Waals surface area contributed by atoms with Gasteiger partial charge in [0.1, 0.15) is 11.3 Å². The van der Waals surface area contributed by atoms with Crippen LogP contribution in [0.15, 0.2) is 24.3 Å². The van der Waals surface area contributed by atoms with Gasteiger partial charge in [0, 0.05) is 5.54 Å². The Kier molecular flexibility index (Phi) is 5.55. The zero-order chi connectivity index (χ0) is 15.2. The number of hydrogen-bond acceptors (Lipinski definition) is 4. The van der Waals surface area contributed by atoms with Crippen LogP contribution in [-0.2, 0) is 9.53 Å². The fourth-order valence-corrected chi connectivity index (χ4v) is 1.58. The van der Waals surface area contributed by atoms with E-state index in [4.69, 9.17) is 9.47 Å². The first-order valence-corrected chi connectivity index (χ1v) is 6.53. The maximum atomic E-state index is 11.9.